The summed E-state index contributed by atoms with van der Waals surface area (Å²) in [6.07, 6.45) is 3.32. The summed E-state index contributed by atoms with van der Waals surface area (Å²) >= 11 is 0. The molecule has 2 heterocycles. The van der Waals surface area contributed by atoms with Gasteiger partial charge < -0.3 is 9.84 Å². The minimum atomic E-state index is 0.291. The Morgan fingerprint density at radius 3 is 3.16 bits per heavy atom. The van der Waals surface area contributed by atoms with Gasteiger partial charge in [0.05, 0.1) is 13.2 Å². The summed E-state index contributed by atoms with van der Waals surface area (Å²) in [7, 11) is 0. The molecule has 2 aliphatic rings. The smallest absolute Gasteiger partial charge is 0.122 e. The summed E-state index contributed by atoms with van der Waals surface area (Å²) in [6, 6.07) is 6.93. The van der Waals surface area contributed by atoms with Crippen LogP contribution in [0.4, 0.5) is 0 Å². The van der Waals surface area contributed by atoms with Crippen LogP contribution in [0.5, 0.6) is 5.75 Å². The van der Waals surface area contributed by atoms with E-state index in [1.54, 1.807) is 0 Å². The fourth-order valence-electron chi connectivity index (χ4n) is 3.33. The highest BCUT2D eigenvalue weighted by Gasteiger charge is 2.29. The zero-order chi connectivity index (χ0) is 13.2. The van der Waals surface area contributed by atoms with Crippen LogP contribution in [0.1, 0.15) is 24.5 Å². The standard InChI is InChI=1S/C16H23NO2/c1-12-4-7-17(15(12)11-18)8-5-13-2-3-16-14(10-13)6-9-19-16/h2-3,10,12,15,18H,4-9,11H2,1H3. The van der Waals surface area contributed by atoms with E-state index >= 15 is 0 Å². The Kier molecular flexibility index (Phi) is 3.76. The van der Waals surface area contributed by atoms with Crippen molar-refractivity contribution in [3.8, 4) is 5.75 Å². The highest BCUT2D eigenvalue weighted by Crippen LogP contribution is 2.27. The first-order valence-electron chi connectivity index (χ1n) is 7.37. The second-order valence-electron chi connectivity index (χ2n) is 5.84. The SMILES string of the molecule is CC1CCN(CCc2ccc3c(c2)CCO3)C1CO. The maximum Gasteiger partial charge on any atom is 0.122 e. The first-order valence-corrected chi connectivity index (χ1v) is 7.37. The van der Waals surface area contributed by atoms with Crippen LogP contribution < -0.4 is 4.74 Å². The molecule has 0 saturated carbocycles. The topological polar surface area (TPSA) is 32.7 Å². The average Bonchev–Trinajstić information content (AvgIpc) is 3.01. The molecule has 1 saturated heterocycles. The van der Waals surface area contributed by atoms with Crippen LogP contribution in [0.15, 0.2) is 18.2 Å². The summed E-state index contributed by atoms with van der Waals surface area (Å²) < 4.78 is 5.54. The van der Waals surface area contributed by atoms with E-state index in [0.717, 1.165) is 38.3 Å². The number of aliphatic hydroxyl groups is 1. The molecule has 1 N–H and O–H groups in total. The lowest BCUT2D eigenvalue weighted by Gasteiger charge is -2.25. The number of ether oxygens (including phenoxy) is 1. The van der Waals surface area contributed by atoms with E-state index in [1.165, 1.54) is 17.5 Å². The van der Waals surface area contributed by atoms with Gasteiger partial charge >= 0.3 is 0 Å². The Hall–Kier alpha value is -1.06. The monoisotopic (exact) mass is 261 g/mol. The maximum absolute atomic E-state index is 9.47. The lowest BCUT2D eigenvalue weighted by atomic mass is 10.0. The Bertz CT molecular complexity index is 446. The van der Waals surface area contributed by atoms with Crippen LogP contribution in [0.2, 0.25) is 0 Å². The van der Waals surface area contributed by atoms with Gasteiger partial charge in [-0.2, -0.15) is 0 Å². The number of fused-ring (bicyclic) bond motifs is 1. The Morgan fingerprint density at radius 2 is 2.32 bits per heavy atom. The summed E-state index contributed by atoms with van der Waals surface area (Å²) in [5, 5.41) is 9.47. The molecule has 0 amide bonds. The predicted molar refractivity (Wildman–Crippen MR) is 75.6 cm³/mol. The molecule has 2 atom stereocenters. The highest BCUT2D eigenvalue weighted by molar-refractivity contribution is 5.39. The number of benzene rings is 1. The first-order chi connectivity index (χ1) is 9.28. The van der Waals surface area contributed by atoms with Crippen molar-refractivity contribution in [1.29, 1.82) is 0 Å². The third kappa shape index (κ3) is 2.63. The predicted octanol–water partition coefficient (Wildman–Crippen LogP) is 1.87. The van der Waals surface area contributed by atoms with E-state index in [4.69, 9.17) is 4.74 Å². The van der Waals surface area contributed by atoms with Crippen molar-refractivity contribution >= 4 is 0 Å². The first kappa shape index (κ1) is 12.9. The zero-order valence-electron chi connectivity index (χ0n) is 11.6. The summed E-state index contributed by atoms with van der Waals surface area (Å²) in [6.45, 7) is 5.54. The minimum Gasteiger partial charge on any atom is -0.493 e. The van der Waals surface area contributed by atoms with Crippen LogP contribution in [0.3, 0.4) is 0 Å². The summed E-state index contributed by atoms with van der Waals surface area (Å²) in [5.41, 5.74) is 2.74. The third-order valence-electron chi connectivity index (χ3n) is 4.63. The molecule has 0 spiro atoms. The molecule has 3 heteroatoms. The lowest BCUT2D eigenvalue weighted by Crippen LogP contribution is -2.36. The molecule has 1 aromatic carbocycles. The summed E-state index contributed by atoms with van der Waals surface area (Å²) in [5.74, 6) is 1.69. The van der Waals surface area contributed by atoms with Crippen LogP contribution >= 0.6 is 0 Å². The van der Waals surface area contributed by atoms with E-state index < -0.39 is 0 Å². The Morgan fingerprint density at radius 1 is 1.42 bits per heavy atom. The third-order valence-corrected chi connectivity index (χ3v) is 4.63. The fourth-order valence-corrected chi connectivity index (χ4v) is 3.33. The second kappa shape index (κ2) is 5.51. The molecule has 0 bridgehead atoms. The van der Waals surface area contributed by atoms with Crippen LogP contribution in [0.25, 0.3) is 0 Å². The molecule has 0 aliphatic carbocycles. The number of rotatable bonds is 4. The van der Waals surface area contributed by atoms with E-state index in [1.807, 2.05) is 0 Å². The van der Waals surface area contributed by atoms with Crippen LogP contribution in [-0.2, 0) is 12.8 Å². The van der Waals surface area contributed by atoms with Gasteiger partial charge in [-0.1, -0.05) is 19.1 Å². The zero-order valence-corrected chi connectivity index (χ0v) is 11.6. The quantitative estimate of drug-likeness (QED) is 0.898. The molecular weight excluding hydrogens is 238 g/mol. The summed E-state index contributed by atoms with van der Waals surface area (Å²) in [4.78, 5) is 2.44. The molecule has 2 unspecified atom stereocenters. The number of aliphatic hydroxyl groups excluding tert-OH is 1. The number of likely N-dealkylation sites (tertiary alicyclic amines) is 1. The van der Waals surface area contributed by atoms with Gasteiger partial charge in [-0.25, -0.2) is 0 Å². The lowest BCUT2D eigenvalue weighted by molar-refractivity contribution is 0.140. The Balaban J connectivity index is 1.60. The van der Waals surface area contributed by atoms with E-state index in [9.17, 15) is 5.11 Å². The molecule has 2 aliphatic heterocycles. The van der Waals surface area contributed by atoms with Crippen molar-refractivity contribution in [3.05, 3.63) is 29.3 Å². The molecule has 3 nitrogen and oxygen atoms in total. The van der Waals surface area contributed by atoms with E-state index in [-0.39, 0.29) is 0 Å². The Labute approximate surface area is 115 Å². The number of hydrogen-bond acceptors (Lipinski definition) is 3. The van der Waals surface area contributed by atoms with Crippen molar-refractivity contribution in [3.63, 3.8) is 0 Å². The van der Waals surface area contributed by atoms with Crippen molar-refractivity contribution in [2.75, 3.05) is 26.3 Å². The van der Waals surface area contributed by atoms with Gasteiger partial charge in [0, 0.05) is 19.0 Å². The van der Waals surface area contributed by atoms with Crippen molar-refractivity contribution in [2.45, 2.75) is 32.2 Å². The van der Waals surface area contributed by atoms with Gasteiger partial charge in [0.15, 0.2) is 0 Å². The van der Waals surface area contributed by atoms with Gasteiger partial charge in [-0.05, 0) is 42.5 Å². The normalized spacial score (nSPS) is 26.4. The number of nitrogens with zero attached hydrogens (tertiary/aromatic N) is 1. The minimum absolute atomic E-state index is 0.291. The van der Waals surface area contributed by atoms with Crippen LogP contribution in [-0.4, -0.2) is 42.4 Å². The van der Waals surface area contributed by atoms with Gasteiger partial charge in [0.2, 0.25) is 0 Å². The van der Waals surface area contributed by atoms with Crippen molar-refractivity contribution in [2.24, 2.45) is 5.92 Å². The van der Waals surface area contributed by atoms with Gasteiger partial charge in [0.1, 0.15) is 5.75 Å². The molecule has 0 radical (unpaired) electrons. The average molecular weight is 261 g/mol. The molecule has 104 valence electrons. The largest absolute Gasteiger partial charge is 0.493 e. The maximum atomic E-state index is 9.47. The van der Waals surface area contributed by atoms with Crippen LogP contribution in [0, 0.1) is 5.92 Å². The molecule has 3 rings (SSSR count). The number of hydrogen-bond donors (Lipinski definition) is 1. The fraction of sp³-hybridized carbons (Fsp3) is 0.625. The second-order valence-corrected chi connectivity index (χ2v) is 5.84. The van der Waals surface area contributed by atoms with Crippen molar-refractivity contribution in [1.82, 2.24) is 4.90 Å². The van der Waals surface area contributed by atoms with Crippen molar-refractivity contribution < 1.29 is 9.84 Å². The molecular formula is C16H23NO2. The van der Waals surface area contributed by atoms with Gasteiger partial charge in [0.25, 0.3) is 0 Å². The molecule has 0 aromatic heterocycles. The molecule has 19 heavy (non-hydrogen) atoms. The highest BCUT2D eigenvalue weighted by atomic mass is 16.5. The van der Waals surface area contributed by atoms with Gasteiger partial charge in [-0.15, -0.1) is 0 Å². The van der Waals surface area contributed by atoms with E-state index in [0.29, 0.717) is 18.6 Å². The van der Waals surface area contributed by atoms with Gasteiger partial charge in [-0.3, -0.25) is 4.90 Å². The molecule has 1 fully saturated rings. The molecule has 1 aromatic rings. The van der Waals surface area contributed by atoms with E-state index in [2.05, 4.69) is 30.0 Å².